The summed E-state index contributed by atoms with van der Waals surface area (Å²) in [6, 6.07) is 4.48. The number of rotatable bonds is 3. The molecule has 2 rings (SSSR count). The molecule has 0 radical (unpaired) electrons. The van der Waals surface area contributed by atoms with Gasteiger partial charge in [-0.2, -0.15) is 0 Å². The molecule has 0 bridgehead atoms. The first-order chi connectivity index (χ1) is 8.47. The Morgan fingerprint density at radius 3 is 2.56 bits per heavy atom. The summed E-state index contributed by atoms with van der Waals surface area (Å²) in [7, 11) is 0. The summed E-state index contributed by atoms with van der Waals surface area (Å²) in [6.45, 7) is 8.45. The van der Waals surface area contributed by atoms with Crippen LogP contribution in [0.1, 0.15) is 33.8 Å². The van der Waals surface area contributed by atoms with Gasteiger partial charge in [0.15, 0.2) is 0 Å². The normalized spacial score (nSPS) is 12.4. The van der Waals surface area contributed by atoms with Crippen molar-refractivity contribution in [1.29, 1.82) is 0 Å². The van der Waals surface area contributed by atoms with Crippen molar-refractivity contribution in [1.82, 2.24) is 4.98 Å². The Labute approximate surface area is 112 Å². The fraction of sp³-hybridized carbons (Fsp3) is 0.357. The van der Waals surface area contributed by atoms with Gasteiger partial charge in [-0.25, -0.2) is 4.98 Å². The quantitative estimate of drug-likeness (QED) is 0.883. The molecule has 3 nitrogen and oxygen atoms in total. The van der Waals surface area contributed by atoms with Crippen molar-refractivity contribution in [3.05, 3.63) is 39.2 Å². The summed E-state index contributed by atoms with van der Waals surface area (Å²) < 4.78 is 0. The molecule has 0 aliphatic heterocycles. The van der Waals surface area contributed by atoms with Crippen LogP contribution in [0.3, 0.4) is 0 Å². The third kappa shape index (κ3) is 2.64. The molecule has 2 aromatic rings. The topological polar surface area (TPSA) is 50.9 Å². The van der Waals surface area contributed by atoms with Gasteiger partial charge in [-0.05, 0) is 51.0 Å². The van der Waals surface area contributed by atoms with Crippen LogP contribution >= 0.6 is 11.3 Å². The molecule has 2 heterocycles. The summed E-state index contributed by atoms with van der Waals surface area (Å²) in [5.74, 6) is 0.873. The van der Waals surface area contributed by atoms with Crippen molar-refractivity contribution in [3.63, 3.8) is 0 Å². The maximum atomic E-state index is 5.77. The molecular weight excluding hydrogens is 242 g/mol. The monoisotopic (exact) mass is 261 g/mol. The molecule has 0 saturated carbocycles. The van der Waals surface area contributed by atoms with Crippen LogP contribution in [0.5, 0.6) is 0 Å². The molecule has 96 valence electrons. The highest BCUT2D eigenvalue weighted by molar-refractivity contribution is 7.12. The van der Waals surface area contributed by atoms with Gasteiger partial charge >= 0.3 is 0 Å². The molecule has 1 atom stereocenters. The van der Waals surface area contributed by atoms with Gasteiger partial charge in [-0.3, -0.25) is 0 Å². The Morgan fingerprint density at radius 1 is 1.28 bits per heavy atom. The lowest BCUT2D eigenvalue weighted by Crippen LogP contribution is -2.08. The Bertz CT molecular complexity index is 560. The number of anilines is 2. The lowest BCUT2D eigenvalue weighted by Gasteiger charge is -2.15. The highest BCUT2D eigenvalue weighted by Gasteiger charge is 2.11. The van der Waals surface area contributed by atoms with E-state index in [-0.39, 0.29) is 6.04 Å². The zero-order valence-corrected chi connectivity index (χ0v) is 12.1. The molecular formula is C14H19N3S. The third-order valence-electron chi connectivity index (χ3n) is 3.06. The Kier molecular flexibility index (Phi) is 3.57. The fourth-order valence-corrected chi connectivity index (χ4v) is 3.05. The zero-order chi connectivity index (χ0) is 13.3. The van der Waals surface area contributed by atoms with E-state index in [0.717, 1.165) is 17.1 Å². The smallest absolute Gasteiger partial charge is 0.126 e. The van der Waals surface area contributed by atoms with Crippen LogP contribution in [-0.2, 0) is 0 Å². The first-order valence-corrected chi connectivity index (χ1v) is 6.84. The lowest BCUT2D eigenvalue weighted by molar-refractivity contribution is 0.871. The van der Waals surface area contributed by atoms with Gasteiger partial charge in [-0.15, -0.1) is 11.3 Å². The molecule has 18 heavy (non-hydrogen) atoms. The Hall–Kier alpha value is -1.55. The fourth-order valence-electron chi connectivity index (χ4n) is 2.03. The van der Waals surface area contributed by atoms with E-state index in [4.69, 9.17) is 5.73 Å². The second-order valence-corrected chi connectivity index (χ2v) is 6.12. The molecule has 4 heteroatoms. The second-order valence-electron chi connectivity index (χ2n) is 4.66. The van der Waals surface area contributed by atoms with E-state index in [1.54, 1.807) is 6.20 Å². The predicted octanol–water partition coefficient (Wildman–Crippen LogP) is 3.82. The molecule has 0 aromatic carbocycles. The number of nitrogen functional groups attached to an aromatic ring is 1. The van der Waals surface area contributed by atoms with E-state index in [1.807, 2.05) is 24.3 Å². The first kappa shape index (κ1) is 12.9. The average Bonchev–Trinajstić information content (AvgIpc) is 2.63. The standard InChI is InChI=1S/C14H19N3S/c1-8-5-14(16-7-13(8)15)17-10(3)12-6-9(2)18-11(12)4/h5-7,10H,15H2,1-4H3,(H,16,17). The van der Waals surface area contributed by atoms with Crippen molar-refractivity contribution in [2.45, 2.75) is 33.7 Å². The lowest BCUT2D eigenvalue weighted by atomic mass is 10.1. The molecule has 2 aromatic heterocycles. The van der Waals surface area contributed by atoms with E-state index in [9.17, 15) is 0 Å². The van der Waals surface area contributed by atoms with Crippen LogP contribution < -0.4 is 11.1 Å². The van der Waals surface area contributed by atoms with Gasteiger partial charge in [0.05, 0.1) is 17.9 Å². The SMILES string of the molecule is Cc1cc(C(C)Nc2cc(C)c(N)cn2)c(C)s1. The summed E-state index contributed by atoms with van der Waals surface area (Å²) in [6.07, 6.45) is 1.70. The highest BCUT2D eigenvalue weighted by Crippen LogP contribution is 2.28. The van der Waals surface area contributed by atoms with Crippen LogP contribution in [0, 0.1) is 20.8 Å². The Morgan fingerprint density at radius 2 is 2.00 bits per heavy atom. The number of aryl methyl sites for hydroxylation is 3. The van der Waals surface area contributed by atoms with Gasteiger partial charge < -0.3 is 11.1 Å². The molecule has 3 N–H and O–H groups in total. The number of nitrogens with zero attached hydrogens (tertiary/aromatic N) is 1. The van der Waals surface area contributed by atoms with Crippen molar-refractivity contribution in [2.24, 2.45) is 0 Å². The van der Waals surface area contributed by atoms with Gasteiger partial charge in [0.25, 0.3) is 0 Å². The summed E-state index contributed by atoms with van der Waals surface area (Å²) in [5, 5.41) is 3.42. The zero-order valence-electron chi connectivity index (χ0n) is 11.2. The van der Waals surface area contributed by atoms with Gasteiger partial charge in [-0.1, -0.05) is 0 Å². The summed E-state index contributed by atoms with van der Waals surface area (Å²) in [5.41, 5.74) is 8.90. The molecule has 0 amide bonds. The number of thiophene rings is 1. The van der Waals surface area contributed by atoms with E-state index < -0.39 is 0 Å². The van der Waals surface area contributed by atoms with E-state index in [1.165, 1.54) is 15.3 Å². The number of hydrogen-bond acceptors (Lipinski definition) is 4. The Balaban J connectivity index is 2.18. The minimum absolute atomic E-state index is 0.255. The van der Waals surface area contributed by atoms with Gasteiger partial charge in [0, 0.05) is 9.75 Å². The minimum atomic E-state index is 0.255. The average molecular weight is 261 g/mol. The summed E-state index contributed by atoms with van der Waals surface area (Å²) >= 11 is 1.83. The van der Waals surface area contributed by atoms with Crippen molar-refractivity contribution < 1.29 is 0 Å². The molecule has 1 unspecified atom stereocenters. The van der Waals surface area contributed by atoms with Crippen molar-refractivity contribution >= 4 is 22.8 Å². The van der Waals surface area contributed by atoms with E-state index in [2.05, 4.69) is 37.1 Å². The number of nitrogens with one attached hydrogen (secondary N) is 1. The van der Waals surface area contributed by atoms with E-state index >= 15 is 0 Å². The molecule has 0 saturated heterocycles. The number of nitrogens with two attached hydrogens (primary N) is 1. The first-order valence-electron chi connectivity index (χ1n) is 6.03. The summed E-state index contributed by atoms with van der Waals surface area (Å²) in [4.78, 5) is 7.01. The predicted molar refractivity (Wildman–Crippen MR) is 79.2 cm³/mol. The van der Waals surface area contributed by atoms with Crippen LogP contribution in [0.25, 0.3) is 0 Å². The molecule has 0 aliphatic rings. The second kappa shape index (κ2) is 4.98. The van der Waals surface area contributed by atoms with E-state index in [0.29, 0.717) is 0 Å². The number of hydrogen-bond donors (Lipinski definition) is 2. The molecule has 0 aliphatic carbocycles. The van der Waals surface area contributed by atoms with Crippen LogP contribution in [0.4, 0.5) is 11.5 Å². The maximum absolute atomic E-state index is 5.77. The maximum Gasteiger partial charge on any atom is 0.126 e. The van der Waals surface area contributed by atoms with Gasteiger partial charge in [0.1, 0.15) is 5.82 Å². The van der Waals surface area contributed by atoms with Crippen molar-refractivity contribution in [2.75, 3.05) is 11.1 Å². The van der Waals surface area contributed by atoms with Crippen molar-refractivity contribution in [3.8, 4) is 0 Å². The molecule has 0 fully saturated rings. The third-order valence-corrected chi connectivity index (χ3v) is 4.04. The number of aromatic nitrogens is 1. The number of pyridine rings is 1. The highest BCUT2D eigenvalue weighted by atomic mass is 32.1. The van der Waals surface area contributed by atoms with Crippen LogP contribution in [0.2, 0.25) is 0 Å². The largest absolute Gasteiger partial charge is 0.397 e. The molecule has 0 spiro atoms. The van der Waals surface area contributed by atoms with Crippen LogP contribution in [0.15, 0.2) is 18.3 Å². The minimum Gasteiger partial charge on any atom is -0.397 e. The van der Waals surface area contributed by atoms with Crippen LogP contribution in [-0.4, -0.2) is 4.98 Å². The van der Waals surface area contributed by atoms with Gasteiger partial charge in [0.2, 0.25) is 0 Å².